The molecule has 5 nitrogen and oxygen atoms in total. The van der Waals surface area contributed by atoms with E-state index in [9.17, 15) is 9.59 Å². The number of methoxy groups -OCH3 is 2. The summed E-state index contributed by atoms with van der Waals surface area (Å²) >= 11 is 0. The molecule has 0 atom stereocenters. The van der Waals surface area contributed by atoms with E-state index in [2.05, 4.69) is 65.1 Å². The van der Waals surface area contributed by atoms with Crippen LogP contribution in [0.5, 0.6) is 0 Å². The molecule has 0 aliphatic rings. The fourth-order valence-electron chi connectivity index (χ4n) is 4.06. The number of benzene rings is 3. The van der Waals surface area contributed by atoms with Crippen molar-refractivity contribution in [1.29, 1.82) is 0 Å². The van der Waals surface area contributed by atoms with Crippen LogP contribution < -0.4 is 5.32 Å². The number of carbonyl (C=O) groups is 2. The summed E-state index contributed by atoms with van der Waals surface area (Å²) in [7, 11) is 2.72. The van der Waals surface area contributed by atoms with Crippen LogP contribution in [0.1, 0.15) is 84.5 Å². The minimum atomic E-state index is -0.481. The monoisotopic (exact) mass is 487 g/mol. The summed E-state index contributed by atoms with van der Waals surface area (Å²) in [5.74, 6) is -0.939. The Morgan fingerprint density at radius 2 is 1.28 bits per heavy atom. The number of nitrogens with one attached hydrogen (secondary N) is 1. The maximum Gasteiger partial charge on any atom is 0.339 e. The number of hydrogen-bond acceptors (Lipinski definition) is 5. The highest BCUT2D eigenvalue weighted by atomic mass is 16.5. The molecular formula is C31H37NO4. The number of rotatable bonds is 6. The standard InChI is InChI=1S/C31H37NO4/c1-30(2,3)22-12-9-11-20(16-22)15-21-17-26(29(34)36-8)27(19-25(21)28(33)35-7)32-24-14-10-13-23(18-24)31(4,5)6/h9-14,16-19,32H,15H2,1-8H3. The van der Waals surface area contributed by atoms with Crippen LogP contribution in [0.25, 0.3) is 0 Å². The van der Waals surface area contributed by atoms with Crippen molar-refractivity contribution in [3.63, 3.8) is 0 Å². The number of anilines is 2. The molecule has 0 bridgehead atoms. The Morgan fingerprint density at radius 1 is 0.722 bits per heavy atom. The second-order valence-electron chi connectivity index (χ2n) is 11.1. The first-order valence-electron chi connectivity index (χ1n) is 12.1. The van der Waals surface area contributed by atoms with Crippen LogP contribution in [-0.4, -0.2) is 26.2 Å². The molecule has 0 aromatic heterocycles. The molecule has 3 aromatic carbocycles. The first-order valence-corrected chi connectivity index (χ1v) is 12.1. The van der Waals surface area contributed by atoms with E-state index >= 15 is 0 Å². The Kier molecular flexibility index (Phi) is 7.92. The summed E-state index contributed by atoms with van der Waals surface area (Å²) in [6.45, 7) is 12.9. The lowest BCUT2D eigenvalue weighted by molar-refractivity contribution is 0.0586. The van der Waals surface area contributed by atoms with Crippen LogP contribution in [0.15, 0.2) is 60.7 Å². The highest BCUT2D eigenvalue weighted by Gasteiger charge is 2.22. The maximum atomic E-state index is 12.8. The zero-order valence-electron chi connectivity index (χ0n) is 22.6. The van der Waals surface area contributed by atoms with Crippen molar-refractivity contribution in [2.45, 2.75) is 58.8 Å². The van der Waals surface area contributed by atoms with Crippen molar-refractivity contribution >= 4 is 23.3 Å². The van der Waals surface area contributed by atoms with Gasteiger partial charge in [-0.1, -0.05) is 77.9 Å². The Bertz CT molecular complexity index is 1160. The van der Waals surface area contributed by atoms with Crippen molar-refractivity contribution in [3.8, 4) is 0 Å². The number of ether oxygens (including phenoxy) is 2. The molecule has 0 amide bonds. The molecule has 0 spiro atoms. The molecule has 190 valence electrons. The van der Waals surface area contributed by atoms with Crippen molar-refractivity contribution in [3.05, 3.63) is 94.0 Å². The molecule has 0 aliphatic carbocycles. The first kappa shape index (κ1) is 27.0. The predicted molar refractivity (Wildman–Crippen MR) is 145 cm³/mol. The van der Waals surface area contributed by atoms with Gasteiger partial charge >= 0.3 is 11.9 Å². The molecule has 0 radical (unpaired) electrons. The van der Waals surface area contributed by atoms with Crippen LogP contribution in [-0.2, 0) is 26.7 Å². The lowest BCUT2D eigenvalue weighted by Crippen LogP contribution is -2.14. The van der Waals surface area contributed by atoms with Crippen LogP contribution in [0.4, 0.5) is 11.4 Å². The average molecular weight is 488 g/mol. The largest absolute Gasteiger partial charge is 0.465 e. The van der Waals surface area contributed by atoms with Gasteiger partial charge in [0.05, 0.1) is 31.0 Å². The van der Waals surface area contributed by atoms with Gasteiger partial charge in [0.15, 0.2) is 0 Å². The predicted octanol–water partition coefficient (Wildman–Crippen LogP) is 7.19. The molecule has 1 N–H and O–H groups in total. The fourth-order valence-corrected chi connectivity index (χ4v) is 4.06. The van der Waals surface area contributed by atoms with E-state index in [1.165, 1.54) is 19.8 Å². The SMILES string of the molecule is COC(=O)c1cc(Nc2cccc(C(C)(C)C)c2)c(C(=O)OC)cc1Cc1cccc(C(C)(C)C)c1. The Morgan fingerprint density at radius 3 is 1.86 bits per heavy atom. The summed E-state index contributed by atoms with van der Waals surface area (Å²) in [5, 5.41) is 3.33. The van der Waals surface area contributed by atoms with Gasteiger partial charge in [0, 0.05) is 5.69 Å². The zero-order chi connectivity index (χ0) is 26.7. The van der Waals surface area contributed by atoms with E-state index in [-0.39, 0.29) is 10.8 Å². The van der Waals surface area contributed by atoms with Crippen molar-refractivity contribution in [2.75, 3.05) is 19.5 Å². The smallest absolute Gasteiger partial charge is 0.339 e. The average Bonchev–Trinajstić information content (AvgIpc) is 2.83. The second-order valence-corrected chi connectivity index (χ2v) is 11.1. The van der Waals surface area contributed by atoms with E-state index < -0.39 is 11.9 Å². The van der Waals surface area contributed by atoms with Gasteiger partial charge in [-0.3, -0.25) is 0 Å². The molecule has 0 aliphatic heterocycles. The second kappa shape index (κ2) is 10.6. The molecule has 0 saturated heterocycles. The summed E-state index contributed by atoms with van der Waals surface area (Å²) in [6, 6.07) is 19.7. The Hall–Kier alpha value is -3.60. The molecule has 0 fully saturated rings. The van der Waals surface area contributed by atoms with Crippen LogP contribution in [0.2, 0.25) is 0 Å². The van der Waals surface area contributed by atoms with E-state index in [0.29, 0.717) is 28.8 Å². The van der Waals surface area contributed by atoms with Crippen molar-refractivity contribution < 1.29 is 19.1 Å². The normalized spacial score (nSPS) is 11.7. The third-order valence-electron chi connectivity index (χ3n) is 6.25. The van der Waals surface area contributed by atoms with Crippen LogP contribution in [0, 0.1) is 0 Å². The summed E-state index contributed by atoms with van der Waals surface area (Å²) in [5.41, 5.74) is 6.10. The lowest BCUT2D eigenvalue weighted by atomic mass is 9.85. The topological polar surface area (TPSA) is 64.6 Å². The fraction of sp³-hybridized carbons (Fsp3) is 0.355. The zero-order valence-corrected chi connectivity index (χ0v) is 22.6. The van der Waals surface area contributed by atoms with Gasteiger partial charge in [0.1, 0.15) is 0 Å². The van der Waals surface area contributed by atoms with Crippen molar-refractivity contribution in [2.24, 2.45) is 0 Å². The third kappa shape index (κ3) is 6.34. The van der Waals surface area contributed by atoms with Gasteiger partial charge in [0.25, 0.3) is 0 Å². The summed E-state index contributed by atoms with van der Waals surface area (Å²) in [4.78, 5) is 25.6. The van der Waals surface area contributed by atoms with Crippen LogP contribution >= 0.6 is 0 Å². The Labute approximate surface area is 214 Å². The molecule has 0 heterocycles. The maximum absolute atomic E-state index is 12.8. The molecule has 3 rings (SSSR count). The lowest BCUT2D eigenvalue weighted by Gasteiger charge is -2.21. The van der Waals surface area contributed by atoms with E-state index in [1.54, 1.807) is 12.1 Å². The van der Waals surface area contributed by atoms with E-state index in [4.69, 9.17) is 9.47 Å². The van der Waals surface area contributed by atoms with Crippen LogP contribution in [0.3, 0.4) is 0 Å². The van der Waals surface area contributed by atoms with Gasteiger partial charge in [-0.15, -0.1) is 0 Å². The molecule has 0 unspecified atom stereocenters. The van der Waals surface area contributed by atoms with Gasteiger partial charge in [-0.2, -0.15) is 0 Å². The van der Waals surface area contributed by atoms with Gasteiger partial charge < -0.3 is 14.8 Å². The summed E-state index contributed by atoms with van der Waals surface area (Å²) < 4.78 is 10.2. The molecular weight excluding hydrogens is 450 g/mol. The number of carbonyl (C=O) groups excluding carboxylic acids is 2. The number of hydrogen-bond donors (Lipinski definition) is 1. The Balaban J connectivity index is 2.11. The molecule has 3 aromatic rings. The van der Waals surface area contributed by atoms with E-state index in [1.807, 2.05) is 30.3 Å². The van der Waals surface area contributed by atoms with Gasteiger partial charge in [-0.05, 0) is 63.8 Å². The molecule has 0 saturated carbocycles. The van der Waals surface area contributed by atoms with Crippen molar-refractivity contribution in [1.82, 2.24) is 0 Å². The molecule has 5 heteroatoms. The summed E-state index contributed by atoms with van der Waals surface area (Å²) in [6.07, 6.45) is 0.470. The third-order valence-corrected chi connectivity index (χ3v) is 6.25. The first-order chi connectivity index (χ1) is 16.8. The minimum Gasteiger partial charge on any atom is -0.465 e. The van der Waals surface area contributed by atoms with Gasteiger partial charge in [-0.25, -0.2) is 9.59 Å². The highest BCUT2D eigenvalue weighted by molar-refractivity contribution is 6.01. The quantitative estimate of drug-likeness (QED) is 0.373. The van der Waals surface area contributed by atoms with E-state index in [0.717, 1.165) is 16.8 Å². The highest BCUT2D eigenvalue weighted by Crippen LogP contribution is 2.31. The van der Waals surface area contributed by atoms with Gasteiger partial charge in [0.2, 0.25) is 0 Å². The molecule has 36 heavy (non-hydrogen) atoms. The number of esters is 2. The minimum absolute atomic E-state index is 0.00622.